The van der Waals surface area contributed by atoms with Crippen LogP contribution in [0.3, 0.4) is 0 Å². The third-order valence-corrected chi connectivity index (χ3v) is 2.94. The SMILES string of the molecule is CCNc1cc(C(=O)Nc2ncc[nH]2)cc(C(C)(C)C)n1. The highest BCUT2D eigenvalue weighted by Gasteiger charge is 2.19. The molecule has 0 saturated carbocycles. The maximum Gasteiger partial charge on any atom is 0.258 e. The first-order chi connectivity index (χ1) is 9.90. The second-order valence-electron chi connectivity index (χ2n) is 5.80. The molecule has 0 fully saturated rings. The van der Waals surface area contributed by atoms with Crippen molar-refractivity contribution >= 4 is 17.7 Å². The average molecular weight is 287 g/mol. The number of imidazole rings is 1. The van der Waals surface area contributed by atoms with Crippen LogP contribution in [0.15, 0.2) is 24.5 Å². The fourth-order valence-corrected chi connectivity index (χ4v) is 1.83. The lowest BCUT2D eigenvalue weighted by Gasteiger charge is -2.20. The molecule has 0 radical (unpaired) electrons. The fourth-order valence-electron chi connectivity index (χ4n) is 1.83. The minimum Gasteiger partial charge on any atom is -0.370 e. The average Bonchev–Trinajstić information content (AvgIpc) is 2.90. The van der Waals surface area contributed by atoms with E-state index in [0.29, 0.717) is 17.3 Å². The Morgan fingerprint density at radius 1 is 1.33 bits per heavy atom. The molecule has 0 aliphatic heterocycles. The minimum atomic E-state index is -0.211. The number of hydrogen-bond acceptors (Lipinski definition) is 4. The molecular formula is C15H21N5O. The topological polar surface area (TPSA) is 82.7 Å². The van der Waals surface area contributed by atoms with Gasteiger partial charge in [0.2, 0.25) is 5.95 Å². The van der Waals surface area contributed by atoms with E-state index in [9.17, 15) is 4.79 Å². The van der Waals surface area contributed by atoms with Gasteiger partial charge in [-0.1, -0.05) is 20.8 Å². The van der Waals surface area contributed by atoms with Crippen LogP contribution in [0.25, 0.3) is 0 Å². The highest BCUT2D eigenvalue weighted by molar-refractivity contribution is 6.03. The van der Waals surface area contributed by atoms with Gasteiger partial charge in [-0.25, -0.2) is 9.97 Å². The standard InChI is InChI=1S/C15H21N5O/c1-5-16-12-9-10(8-11(19-12)15(2,3)4)13(21)20-14-17-6-7-18-14/h6-9H,5H2,1-4H3,(H,16,19)(H2,17,18,20,21). The molecule has 2 aromatic rings. The first-order valence-electron chi connectivity index (χ1n) is 6.97. The second-order valence-corrected chi connectivity index (χ2v) is 5.80. The number of nitrogens with zero attached hydrogens (tertiary/aromatic N) is 2. The number of carbonyl (C=O) groups excluding carboxylic acids is 1. The van der Waals surface area contributed by atoms with Crippen molar-refractivity contribution in [1.82, 2.24) is 15.0 Å². The van der Waals surface area contributed by atoms with Crippen LogP contribution in [0.2, 0.25) is 0 Å². The summed E-state index contributed by atoms with van der Waals surface area (Å²) < 4.78 is 0. The second kappa shape index (κ2) is 5.95. The van der Waals surface area contributed by atoms with Gasteiger partial charge in [0.05, 0.1) is 0 Å². The molecule has 1 amide bonds. The monoisotopic (exact) mass is 287 g/mol. The van der Waals surface area contributed by atoms with E-state index in [1.165, 1.54) is 0 Å². The van der Waals surface area contributed by atoms with E-state index in [0.717, 1.165) is 12.2 Å². The summed E-state index contributed by atoms with van der Waals surface area (Å²) in [7, 11) is 0. The first kappa shape index (κ1) is 15.0. The number of H-pyrrole nitrogens is 1. The Morgan fingerprint density at radius 2 is 2.10 bits per heavy atom. The zero-order valence-corrected chi connectivity index (χ0v) is 12.8. The van der Waals surface area contributed by atoms with Crippen molar-refractivity contribution in [1.29, 1.82) is 0 Å². The third-order valence-electron chi connectivity index (χ3n) is 2.94. The number of aromatic nitrogens is 3. The molecule has 3 N–H and O–H groups in total. The quantitative estimate of drug-likeness (QED) is 0.807. The summed E-state index contributed by atoms with van der Waals surface area (Å²) in [6.45, 7) is 8.95. The van der Waals surface area contributed by atoms with Gasteiger partial charge in [0.15, 0.2) is 0 Å². The van der Waals surface area contributed by atoms with Gasteiger partial charge in [0.25, 0.3) is 5.91 Å². The van der Waals surface area contributed by atoms with Crippen molar-refractivity contribution in [3.63, 3.8) is 0 Å². The third kappa shape index (κ3) is 3.81. The molecule has 0 spiro atoms. The van der Waals surface area contributed by atoms with Crippen LogP contribution in [-0.2, 0) is 5.41 Å². The number of carbonyl (C=O) groups is 1. The van der Waals surface area contributed by atoms with Crippen LogP contribution < -0.4 is 10.6 Å². The Hall–Kier alpha value is -2.37. The van der Waals surface area contributed by atoms with E-state index in [4.69, 9.17) is 0 Å². The summed E-state index contributed by atoms with van der Waals surface area (Å²) in [6.07, 6.45) is 3.25. The maximum atomic E-state index is 12.3. The lowest BCUT2D eigenvalue weighted by molar-refractivity contribution is 0.102. The Bertz CT molecular complexity index is 613. The molecule has 112 valence electrons. The van der Waals surface area contributed by atoms with Crippen molar-refractivity contribution in [3.05, 3.63) is 35.8 Å². The molecular weight excluding hydrogens is 266 g/mol. The van der Waals surface area contributed by atoms with Crippen LogP contribution in [0.1, 0.15) is 43.7 Å². The molecule has 21 heavy (non-hydrogen) atoms. The van der Waals surface area contributed by atoms with Gasteiger partial charge >= 0.3 is 0 Å². The van der Waals surface area contributed by atoms with Gasteiger partial charge in [0, 0.05) is 35.6 Å². The van der Waals surface area contributed by atoms with Crippen LogP contribution in [0.5, 0.6) is 0 Å². The van der Waals surface area contributed by atoms with Gasteiger partial charge < -0.3 is 10.3 Å². The molecule has 6 nitrogen and oxygen atoms in total. The summed E-state index contributed by atoms with van der Waals surface area (Å²) in [5.74, 6) is 0.922. The Morgan fingerprint density at radius 3 is 2.67 bits per heavy atom. The molecule has 6 heteroatoms. The number of pyridine rings is 1. The van der Waals surface area contributed by atoms with Crippen LogP contribution in [-0.4, -0.2) is 27.4 Å². The number of hydrogen-bond donors (Lipinski definition) is 3. The van der Waals surface area contributed by atoms with Gasteiger partial charge in [-0.05, 0) is 19.1 Å². The molecule has 0 bridgehead atoms. The van der Waals surface area contributed by atoms with Crippen LogP contribution >= 0.6 is 0 Å². The summed E-state index contributed by atoms with van der Waals surface area (Å²) in [6, 6.07) is 3.57. The van der Waals surface area contributed by atoms with Crippen molar-refractivity contribution < 1.29 is 4.79 Å². The first-order valence-corrected chi connectivity index (χ1v) is 6.97. The molecule has 0 atom stereocenters. The van der Waals surface area contributed by atoms with E-state index in [1.807, 2.05) is 13.0 Å². The zero-order valence-electron chi connectivity index (χ0n) is 12.8. The molecule has 2 aromatic heterocycles. The van der Waals surface area contributed by atoms with E-state index >= 15 is 0 Å². The normalized spacial score (nSPS) is 11.2. The van der Waals surface area contributed by atoms with Crippen molar-refractivity contribution in [2.75, 3.05) is 17.2 Å². The molecule has 0 aliphatic carbocycles. The van der Waals surface area contributed by atoms with Crippen molar-refractivity contribution in [2.24, 2.45) is 0 Å². The van der Waals surface area contributed by atoms with E-state index < -0.39 is 0 Å². The largest absolute Gasteiger partial charge is 0.370 e. The Balaban J connectivity index is 2.33. The number of aromatic amines is 1. The van der Waals surface area contributed by atoms with Gasteiger partial charge in [-0.2, -0.15) is 0 Å². The maximum absolute atomic E-state index is 12.3. The molecule has 2 rings (SSSR count). The molecule has 2 heterocycles. The highest BCUT2D eigenvalue weighted by atomic mass is 16.1. The summed E-state index contributed by atoms with van der Waals surface area (Å²) in [5, 5.41) is 5.88. The predicted molar refractivity (Wildman–Crippen MR) is 83.6 cm³/mol. The fraction of sp³-hybridized carbons (Fsp3) is 0.400. The summed E-state index contributed by atoms with van der Waals surface area (Å²) >= 11 is 0. The number of anilines is 2. The lowest BCUT2D eigenvalue weighted by Crippen LogP contribution is -2.19. The number of amides is 1. The highest BCUT2D eigenvalue weighted by Crippen LogP contribution is 2.23. The number of nitrogens with one attached hydrogen (secondary N) is 3. The van der Waals surface area contributed by atoms with Crippen molar-refractivity contribution in [3.8, 4) is 0 Å². The van der Waals surface area contributed by atoms with E-state index in [1.54, 1.807) is 18.5 Å². The van der Waals surface area contributed by atoms with Gasteiger partial charge in [-0.3, -0.25) is 10.1 Å². The van der Waals surface area contributed by atoms with E-state index in [2.05, 4.69) is 46.4 Å². The Kier molecular flexibility index (Phi) is 4.26. The molecule has 0 aromatic carbocycles. The van der Waals surface area contributed by atoms with Crippen molar-refractivity contribution in [2.45, 2.75) is 33.1 Å². The lowest BCUT2D eigenvalue weighted by atomic mass is 9.90. The molecule has 0 aliphatic rings. The smallest absolute Gasteiger partial charge is 0.258 e. The van der Waals surface area contributed by atoms with Gasteiger partial charge in [-0.15, -0.1) is 0 Å². The molecule has 0 unspecified atom stereocenters. The summed E-state index contributed by atoms with van der Waals surface area (Å²) in [5.41, 5.74) is 1.29. The summed E-state index contributed by atoms with van der Waals surface area (Å²) in [4.78, 5) is 23.7. The van der Waals surface area contributed by atoms with E-state index in [-0.39, 0.29) is 11.3 Å². The Labute approximate surface area is 124 Å². The predicted octanol–water partition coefficient (Wildman–Crippen LogP) is 2.79. The van der Waals surface area contributed by atoms with Crippen LogP contribution in [0.4, 0.5) is 11.8 Å². The minimum absolute atomic E-state index is 0.134. The number of rotatable bonds is 4. The van der Waals surface area contributed by atoms with Crippen LogP contribution in [0, 0.1) is 0 Å². The van der Waals surface area contributed by atoms with Gasteiger partial charge in [0.1, 0.15) is 5.82 Å². The zero-order chi connectivity index (χ0) is 15.5. The molecule has 0 saturated heterocycles.